The zero-order valence-electron chi connectivity index (χ0n) is 14.3. The number of fused-ring (bicyclic) bond motifs is 2. The minimum Gasteiger partial charge on any atom is -0.493 e. The number of nitrogens with one attached hydrogen (secondary N) is 1. The molecule has 9 nitrogen and oxygen atoms in total. The molecule has 0 radical (unpaired) electrons. The molecule has 0 bridgehead atoms. The number of carbonyl (C=O) groups is 1. The van der Waals surface area contributed by atoms with Crippen LogP contribution in [0, 0.1) is 0 Å². The maximum atomic E-state index is 11.5. The highest BCUT2D eigenvalue weighted by Gasteiger charge is 2.24. The summed E-state index contributed by atoms with van der Waals surface area (Å²) in [6.45, 7) is 1.28. The van der Waals surface area contributed by atoms with Gasteiger partial charge in [0.15, 0.2) is 11.5 Å². The summed E-state index contributed by atoms with van der Waals surface area (Å²) in [5.41, 5.74) is 2.65. The van der Waals surface area contributed by atoms with Gasteiger partial charge in [0, 0.05) is 42.2 Å². The highest BCUT2D eigenvalue weighted by atomic mass is 16.5. The second kappa shape index (κ2) is 6.17. The Kier molecular flexibility index (Phi) is 3.83. The maximum Gasteiger partial charge on any atom is 0.374 e. The molecule has 0 saturated heterocycles. The summed E-state index contributed by atoms with van der Waals surface area (Å²) in [5, 5.41) is 17.2. The van der Waals surface area contributed by atoms with Crippen LogP contribution in [0.2, 0.25) is 0 Å². The molecular weight excluding hydrogens is 338 g/mol. The lowest BCUT2D eigenvalue weighted by atomic mass is 10.1. The molecule has 0 aliphatic carbocycles. The molecular formula is C17H17N5O4. The molecule has 0 saturated carbocycles. The van der Waals surface area contributed by atoms with Crippen molar-refractivity contribution in [2.24, 2.45) is 0 Å². The van der Waals surface area contributed by atoms with E-state index in [2.05, 4.69) is 20.2 Å². The van der Waals surface area contributed by atoms with Crippen LogP contribution in [0.1, 0.15) is 21.9 Å². The first kappa shape index (κ1) is 16.1. The molecule has 0 unspecified atom stereocenters. The molecule has 1 aliphatic rings. The number of nitrogens with zero attached hydrogens (tertiary/aromatic N) is 4. The quantitative estimate of drug-likeness (QED) is 0.726. The largest absolute Gasteiger partial charge is 0.493 e. The summed E-state index contributed by atoms with van der Waals surface area (Å²) in [5.74, 6) is 0.146. The van der Waals surface area contributed by atoms with Gasteiger partial charge in [-0.2, -0.15) is 5.10 Å². The molecule has 9 heteroatoms. The number of aromatic carboxylic acids is 1. The van der Waals surface area contributed by atoms with Crippen LogP contribution in [-0.4, -0.2) is 52.0 Å². The number of benzene rings is 1. The first-order valence-corrected chi connectivity index (χ1v) is 8.04. The van der Waals surface area contributed by atoms with Crippen molar-refractivity contribution in [3.05, 3.63) is 35.4 Å². The van der Waals surface area contributed by atoms with Crippen LogP contribution in [0.15, 0.2) is 18.3 Å². The lowest BCUT2D eigenvalue weighted by Crippen LogP contribution is -2.31. The van der Waals surface area contributed by atoms with Gasteiger partial charge in [-0.25, -0.2) is 14.8 Å². The predicted octanol–water partition coefficient (Wildman–Crippen LogP) is 1.63. The summed E-state index contributed by atoms with van der Waals surface area (Å²) in [6, 6.07) is 3.44. The molecule has 0 amide bonds. The number of H-pyrrole nitrogens is 1. The first-order valence-electron chi connectivity index (χ1n) is 8.04. The van der Waals surface area contributed by atoms with Crippen molar-refractivity contribution in [1.29, 1.82) is 0 Å². The van der Waals surface area contributed by atoms with E-state index in [4.69, 9.17) is 9.47 Å². The fourth-order valence-electron chi connectivity index (χ4n) is 3.18. The normalized spacial score (nSPS) is 13.5. The van der Waals surface area contributed by atoms with E-state index < -0.39 is 5.97 Å². The summed E-state index contributed by atoms with van der Waals surface area (Å²) >= 11 is 0. The monoisotopic (exact) mass is 355 g/mol. The molecule has 0 atom stereocenters. The molecule has 1 aromatic carbocycles. The van der Waals surface area contributed by atoms with Gasteiger partial charge in [0.25, 0.3) is 0 Å². The fraction of sp³-hybridized carbons (Fsp3) is 0.294. The van der Waals surface area contributed by atoms with E-state index >= 15 is 0 Å². The highest BCUT2D eigenvalue weighted by Crippen LogP contribution is 2.36. The van der Waals surface area contributed by atoms with Crippen molar-refractivity contribution in [3.63, 3.8) is 0 Å². The lowest BCUT2D eigenvalue weighted by molar-refractivity contribution is 0.0684. The number of hydrogen-bond donors (Lipinski definition) is 2. The van der Waals surface area contributed by atoms with Gasteiger partial charge < -0.3 is 19.5 Å². The Balaban J connectivity index is 1.90. The molecule has 4 rings (SSSR count). The topological polar surface area (TPSA) is 113 Å². The Hall–Kier alpha value is -3.36. The zero-order chi connectivity index (χ0) is 18.3. The van der Waals surface area contributed by atoms with Gasteiger partial charge in [0.05, 0.1) is 25.9 Å². The second-order valence-electron chi connectivity index (χ2n) is 5.95. The van der Waals surface area contributed by atoms with Crippen LogP contribution in [0.5, 0.6) is 11.5 Å². The number of aromatic nitrogens is 4. The predicted molar refractivity (Wildman–Crippen MR) is 92.9 cm³/mol. The van der Waals surface area contributed by atoms with Crippen LogP contribution in [0.4, 0.5) is 5.82 Å². The molecule has 2 N–H and O–H groups in total. The van der Waals surface area contributed by atoms with Crippen molar-refractivity contribution in [2.45, 2.75) is 13.0 Å². The van der Waals surface area contributed by atoms with Crippen LogP contribution in [0.25, 0.3) is 10.9 Å². The number of ether oxygens (including phenoxy) is 2. The van der Waals surface area contributed by atoms with Crippen molar-refractivity contribution in [3.8, 4) is 11.5 Å². The van der Waals surface area contributed by atoms with Gasteiger partial charge >= 0.3 is 5.97 Å². The van der Waals surface area contributed by atoms with E-state index in [1.54, 1.807) is 25.4 Å². The second-order valence-corrected chi connectivity index (χ2v) is 5.95. The Morgan fingerprint density at radius 1 is 1.23 bits per heavy atom. The molecule has 0 spiro atoms. The molecule has 2 aromatic heterocycles. The number of methoxy groups -OCH3 is 2. The van der Waals surface area contributed by atoms with E-state index in [1.165, 1.54) is 7.11 Å². The third kappa shape index (κ3) is 2.57. The number of carboxylic acids is 1. The molecule has 0 fully saturated rings. The molecule has 3 aromatic rings. The van der Waals surface area contributed by atoms with Crippen LogP contribution in [0.3, 0.4) is 0 Å². The number of anilines is 1. The molecule has 134 valence electrons. The fourth-order valence-corrected chi connectivity index (χ4v) is 3.18. The third-order valence-electron chi connectivity index (χ3n) is 4.47. The van der Waals surface area contributed by atoms with Crippen molar-refractivity contribution < 1.29 is 19.4 Å². The number of rotatable bonds is 4. The summed E-state index contributed by atoms with van der Waals surface area (Å²) in [6.07, 6.45) is 2.56. The van der Waals surface area contributed by atoms with Gasteiger partial charge in [0.1, 0.15) is 5.82 Å². The number of aromatic amines is 1. The van der Waals surface area contributed by atoms with Crippen molar-refractivity contribution in [2.75, 3.05) is 25.7 Å². The third-order valence-corrected chi connectivity index (χ3v) is 4.47. The van der Waals surface area contributed by atoms with Crippen LogP contribution < -0.4 is 14.4 Å². The van der Waals surface area contributed by atoms with E-state index in [0.29, 0.717) is 41.3 Å². The standard InChI is InChI=1S/C17H17N5O4/c1-25-13-5-10-12(6-14(13)26-2)19-15(17(23)24)20-16(10)22-4-3-11-9(8-22)7-18-21-11/h5-7H,3-4,8H2,1-2H3,(H,18,21)(H,23,24). The zero-order valence-corrected chi connectivity index (χ0v) is 14.3. The summed E-state index contributed by atoms with van der Waals surface area (Å²) < 4.78 is 10.7. The minimum absolute atomic E-state index is 0.252. The van der Waals surface area contributed by atoms with Crippen molar-refractivity contribution >= 4 is 22.7 Å². The number of carboxylic acid groups (broad SMARTS) is 1. The Bertz CT molecular complexity index is 1000. The van der Waals surface area contributed by atoms with E-state index in [1.807, 2.05) is 4.90 Å². The van der Waals surface area contributed by atoms with E-state index in [9.17, 15) is 9.90 Å². The van der Waals surface area contributed by atoms with Crippen LogP contribution in [-0.2, 0) is 13.0 Å². The number of hydrogen-bond acceptors (Lipinski definition) is 7. The van der Waals surface area contributed by atoms with Gasteiger partial charge in [-0.1, -0.05) is 0 Å². The maximum absolute atomic E-state index is 11.5. The Morgan fingerprint density at radius 2 is 2.00 bits per heavy atom. The Labute approximate surface area is 148 Å². The smallest absolute Gasteiger partial charge is 0.374 e. The average molecular weight is 355 g/mol. The summed E-state index contributed by atoms with van der Waals surface area (Å²) in [7, 11) is 3.07. The SMILES string of the molecule is COc1cc2nc(C(=O)O)nc(N3CCc4[nH]ncc4C3)c2cc1OC. The lowest BCUT2D eigenvalue weighted by Gasteiger charge is -2.28. The van der Waals surface area contributed by atoms with Gasteiger partial charge in [-0.3, -0.25) is 5.10 Å². The summed E-state index contributed by atoms with van der Waals surface area (Å²) in [4.78, 5) is 22.0. The van der Waals surface area contributed by atoms with Crippen molar-refractivity contribution in [1.82, 2.24) is 20.2 Å². The van der Waals surface area contributed by atoms with Gasteiger partial charge in [-0.05, 0) is 6.07 Å². The van der Waals surface area contributed by atoms with Crippen LogP contribution >= 0.6 is 0 Å². The van der Waals surface area contributed by atoms with Gasteiger partial charge in [-0.15, -0.1) is 0 Å². The molecule has 26 heavy (non-hydrogen) atoms. The van der Waals surface area contributed by atoms with Gasteiger partial charge in [0.2, 0.25) is 5.82 Å². The first-order chi connectivity index (χ1) is 12.6. The molecule has 3 heterocycles. The van der Waals surface area contributed by atoms with E-state index in [-0.39, 0.29) is 5.82 Å². The highest BCUT2D eigenvalue weighted by molar-refractivity contribution is 5.95. The molecule has 1 aliphatic heterocycles. The van der Waals surface area contributed by atoms with E-state index in [0.717, 1.165) is 17.7 Å². The minimum atomic E-state index is -1.18. The average Bonchev–Trinajstić information content (AvgIpc) is 3.13. The Morgan fingerprint density at radius 3 is 2.73 bits per heavy atom.